The Labute approximate surface area is 165 Å². The minimum Gasteiger partial charge on any atom is -0.490 e. The van der Waals surface area contributed by atoms with E-state index in [2.05, 4.69) is 58.4 Å². The van der Waals surface area contributed by atoms with Gasteiger partial charge in [0.25, 0.3) is 0 Å². The molecule has 26 heavy (non-hydrogen) atoms. The standard InChI is InChI=1S/C20H34N4O.ClH/c1-22(2)14-15-25-20-8-4-3-7-19(20)24-12-10-23(11-13-24)17-18-6-5-9-21-16-18;/h3-4,7-8,18,21H,5-6,9-17H2,1-2H3;1H. The Morgan fingerprint density at radius 3 is 2.62 bits per heavy atom. The predicted octanol–water partition coefficient (Wildman–Crippen LogP) is 2.17. The number of anilines is 1. The van der Waals surface area contributed by atoms with Gasteiger partial charge in [0.15, 0.2) is 0 Å². The fourth-order valence-corrected chi connectivity index (χ4v) is 3.79. The summed E-state index contributed by atoms with van der Waals surface area (Å²) in [6.45, 7) is 9.82. The zero-order chi connectivity index (χ0) is 17.5. The molecular weight excluding hydrogens is 348 g/mol. The molecule has 1 aromatic rings. The molecule has 5 nitrogen and oxygen atoms in total. The molecule has 2 fully saturated rings. The molecule has 0 aromatic heterocycles. The highest BCUT2D eigenvalue weighted by Gasteiger charge is 2.22. The van der Waals surface area contributed by atoms with Crippen LogP contribution in [0.15, 0.2) is 24.3 Å². The maximum atomic E-state index is 6.04. The van der Waals surface area contributed by atoms with Crippen molar-refractivity contribution in [1.29, 1.82) is 0 Å². The highest BCUT2D eigenvalue weighted by Crippen LogP contribution is 2.29. The molecule has 2 aliphatic rings. The average Bonchev–Trinajstić information content (AvgIpc) is 2.63. The summed E-state index contributed by atoms with van der Waals surface area (Å²) < 4.78 is 6.04. The second-order valence-corrected chi connectivity index (χ2v) is 7.62. The van der Waals surface area contributed by atoms with Gasteiger partial charge in [-0.05, 0) is 58.1 Å². The van der Waals surface area contributed by atoms with Crippen molar-refractivity contribution in [3.05, 3.63) is 24.3 Å². The fourth-order valence-electron chi connectivity index (χ4n) is 3.79. The predicted molar refractivity (Wildman–Crippen MR) is 112 cm³/mol. The van der Waals surface area contributed by atoms with Crippen molar-refractivity contribution in [3.63, 3.8) is 0 Å². The van der Waals surface area contributed by atoms with E-state index in [1.165, 1.54) is 38.2 Å². The largest absolute Gasteiger partial charge is 0.490 e. The zero-order valence-electron chi connectivity index (χ0n) is 16.3. The van der Waals surface area contributed by atoms with Gasteiger partial charge in [-0.1, -0.05) is 12.1 Å². The third-order valence-electron chi connectivity index (χ3n) is 5.29. The number of hydrogen-bond donors (Lipinski definition) is 1. The Morgan fingerprint density at radius 1 is 1.15 bits per heavy atom. The number of rotatable bonds is 7. The second-order valence-electron chi connectivity index (χ2n) is 7.62. The van der Waals surface area contributed by atoms with Crippen molar-refractivity contribution in [2.24, 2.45) is 5.92 Å². The molecule has 0 bridgehead atoms. The molecule has 2 aliphatic heterocycles. The van der Waals surface area contributed by atoms with Gasteiger partial charge < -0.3 is 19.9 Å². The van der Waals surface area contributed by atoms with E-state index >= 15 is 0 Å². The van der Waals surface area contributed by atoms with Crippen molar-refractivity contribution in [1.82, 2.24) is 15.1 Å². The Kier molecular flexibility index (Phi) is 8.99. The molecule has 2 heterocycles. The molecule has 1 unspecified atom stereocenters. The number of hydrogen-bond acceptors (Lipinski definition) is 5. The van der Waals surface area contributed by atoms with Crippen molar-refractivity contribution in [2.45, 2.75) is 12.8 Å². The Hall–Kier alpha value is -1.01. The monoisotopic (exact) mass is 382 g/mol. The maximum absolute atomic E-state index is 6.04. The number of para-hydroxylation sites is 2. The number of nitrogens with zero attached hydrogens (tertiary/aromatic N) is 3. The SMILES string of the molecule is CN(C)CCOc1ccccc1N1CCN(CC2CCCNC2)CC1.Cl. The summed E-state index contributed by atoms with van der Waals surface area (Å²) in [5, 5.41) is 3.54. The first-order valence-corrected chi connectivity index (χ1v) is 9.77. The molecule has 0 amide bonds. The second kappa shape index (κ2) is 11.0. The third kappa shape index (κ3) is 6.31. The first kappa shape index (κ1) is 21.3. The van der Waals surface area contributed by atoms with Gasteiger partial charge >= 0.3 is 0 Å². The number of likely N-dealkylation sites (N-methyl/N-ethyl adjacent to an activating group) is 1. The van der Waals surface area contributed by atoms with Crippen LogP contribution in [0.5, 0.6) is 5.75 Å². The van der Waals surface area contributed by atoms with Gasteiger partial charge in [0.05, 0.1) is 5.69 Å². The number of piperazine rings is 1. The van der Waals surface area contributed by atoms with Crippen LogP contribution in [0.4, 0.5) is 5.69 Å². The van der Waals surface area contributed by atoms with Crippen LogP contribution in [0.2, 0.25) is 0 Å². The number of benzene rings is 1. The van der Waals surface area contributed by atoms with Gasteiger partial charge in [0.1, 0.15) is 12.4 Å². The average molecular weight is 383 g/mol. The van der Waals surface area contributed by atoms with E-state index in [1.54, 1.807) is 0 Å². The first-order chi connectivity index (χ1) is 12.2. The Balaban J connectivity index is 0.00000243. The molecule has 0 spiro atoms. The lowest BCUT2D eigenvalue weighted by Gasteiger charge is -2.38. The summed E-state index contributed by atoms with van der Waals surface area (Å²) in [7, 11) is 4.16. The quantitative estimate of drug-likeness (QED) is 0.781. The molecule has 6 heteroatoms. The van der Waals surface area contributed by atoms with Crippen LogP contribution in [0.1, 0.15) is 12.8 Å². The van der Waals surface area contributed by atoms with Crippen LogP contribution in [0.3, 0.4) is 0 Å². The molecule has 1 atom stereocenters. The minimum absolute atomic E-state index is 0. The van der Waals surface area contributed by atoms with E-state index in [0.29, 0.717) is 0 Å². The summed E-state index contributed by atoms with van der Waals surface area (Å²) in [6.07, 6.45) is 2.72. The Bertz CT molecular complexity index is 514. The number of nitrogens with one attached hydrogen (secondary N) is 1. The van der Waals surface area contributed by atoms with E-state index in [-0.39, 0.29) is 12.4 Å². The van der Waals surface area contributed by atoms with Crippen molar-refractivity contribution in [3.8, 4) is 5.75 Å². The van der Waals surface area contributed by atoms with Crippen LogP contribution in [0, 0.1) is 5.92 Å². The smallest absolute Gasteiger partial charge is 0.142 e. The van der Waals surface area contributed by atoms with E-state index in [4.69, 9.17) is 4.74 Å². The summed E-state index contributed by atoms with van der Waals surface area (Å²) in [5.41, 5.74) is 1.25. The summed E-state index contributed by atoms with van der Waals surface area (Å²) >= 11 is 0. The maximum Gasteiger partial charge on any atom is 0.142 e. The van der Waals surface area contributed by atoms with Gasteiger partial charge in [-0.3, -0.25) is 4.90 Å². The summed E-state index contributed by atoms with van der Waals surface area (Å²) in [5.74, 6) is 1.86. The van der Waals surface area contributed by atoms with Crippen molar-refractivity contribution < 1.29 is 4.74 Å². The number of ether oxygens (including phenoxy) is 1. The third-order valence-corrected chi connectivity index (χ3v) is 5.29. The van der Waals surface area contributed by atoms with Crippen LogP contribution < -0.4 is 15.0 Å². The molecular formula is C20H35ClN4O. The Morgan fingerprint density at radius 2 is 1.92 bits per heavy atom. The molecule has 1 aromatic carbocycles. The van der Waals surface area contributed by atoms with Gasteiger partial charge in [-0.2, -0.15) is 0 Å². The zero-order valence-corrected chi connectivity index (χ0v) is 17.1. The molecule has 0 saturated carbocycles. The summed E-state index contributed by atoms with van der Waals surface area (Å²) in [4.78, 5) is 7.28. The van der Waals surface area contributed by atoms with Crippen LogP contribution >= 0.6 is 12.4 Å². The lowest BCUT2D eigenvalue weighted by Crippen LogP contribution is -2.49. The number of piperidine rings is 1. The van der Waals surface area contributed by atoms with E-state index < -0.39 is 0 Å². The lowest BCUT2D eigenvalue weighted by molar-refractivity contribution is 0.198. The minimum atomic E-state index is 0. The lowest BCUT2D eigenvalue weighted by atomic mass is 9.99. The van der Waals surface area contributed by atoms with Gasteiger partial charge in [-0.15, -0.1) is 12.4 Å². The molecule has 3 rings (SSSR count). The topological polar surface area (TPSA) is 31.0 Å². The highest BCUT2D eigenvalue weighted by atomic mass is 35.5. The van der Waals surface area contributed by atoms with Crippen LogP contribution in [-0.4, -0.2) is 82.9 Å². The molecule has 1 N–H and O–H groups in total. The van der Waals surface area contributed by atoms with Gasteiger partial charge in [0.2, 0.25) is 0 Å². The van der Waals surface area contributed by atoms with E-state index in [9.17, 15) is 0 Å². The van der Waals surface area contributed by atoms with Crippen molar-refractivity contribution in [2.75, 3.05) is 78.0 Å². The molecule has 2 saturated heterocycles. The highest BCUT2D eigenvalue weighted by molar-refractivity contribution is 5.85. The normalized spacial score (nSPS) is 21.5. The molecule has 148 valence electrons. The molecule has 0 radical (unpaired) electrons. The molecule has 0 aliphatic carbocycles. The van der Waals surface area contributed by atoms with E-state index in [0.717, 1.165) is 51.0 Å². The number of halogens is 1. The van der Waals surface area contributed by atoms with E-state index in [1.807, 2.05) is 0 Å². The van der Waals surface area contributed by atoms with Crippen LogP contribution in [0.25, 0.3) is 0 Å². The van der Waals surface area contributed by atoms with Crippen molar-refractivity contribution >= 4 is 18.1 Å². The van der Waals surface area contributed by atoms with Gasteiger partial charge in [0, 0.05) is 39.3 Å². The summed E-state index contributed by atoms with van der Waals surface area (Å²) in [6, 6.07) is 8.49. The van der Waals surface area contributed by atoms with Gasteiger partial charge in [-0.25, -0.2) is 0 Å². The first-order valence-electron chi connectivity index (χ1n) is 9.77. The fraction of sp³-hybridized carbons (Fsp3) is 0.700. The van der Waals surface area contributed by atoms with Crippen LogP contribution in [-0.2, 0) is 0 Å².